The molecule has 8 nitrogen and oxygen atoms in total. The van der Waals surface area contributed by atoms with Crippen LogP contribution < -0.4 is 0 Å². The van der Waals surface area contributed by atoms with Crippen LogP contribution >= 0.6 is 0 Å². The molecule has 1 aliphatic rings. The molecule has 0 radical (unpaired) electrons. The molecule has 1 amide bonds. The number of rotatable bonds is 3. The van der Waals surface area contributed by atoms with Crippen molar-refractivity contribution in [2.75, 3.05) is 6.54 Å². The van der Waals surface area contributed by atoms with Gasteiger partial charge in [-0.05, 0) is 13.0 Å². The number of nitrogens with zero attached hydrogens (tertiary/aromatic N) is 6. The largest absolute Gasteiger partial charge is 0.361 e. The maximum Gasteiger partial charge on any atom is 0.259 e. The van der Waals surface area contributed by atoms with E-state index in [4.69, 9.17) is 4.52 Å². The first-order valence-corrected chi connectivity index (χ1v) is 7.43. The van der Waals surface area contributed by atoms with Crippen LogP contribution in [-0.2, 0) is 19.6 Å². The van der Waals surface area contributed by atoms with Crippen LogP contribution in [0, 0.1) is 6.92 Å². The first kappa shape index (κ1) is 13.7. The second kappa shape index (κ2) is 5.38. The molecule has 3 aromatic rings. The lowest BCUT2D eigenvalue weighted by Gasteiger charge is -2.27. The van der Waals surface area contributed by atoms with Crippen molar-refractivity contribution in [1.82, 2.24) is 29.4 Å². The second-order valence-corrected chi connectivity index (χ2v) is 5.57. The Morgan fingerprint density at radius 2 is 2.30 bits per heavy atom. The topological polar surface area (TPSA) is 82.0 Å². The van der Waals surface area contributed by atoms with E-state index in [1.807, 2.05) is 23.1 Å². The van der Waals surface area contributed by atoms with E-state index < -0.39 is 0 Å². The van der Waals surface area contributed by atoms with Gasteiger partial charge in [0.15, 0.2) is 0 Å². The third kappa shape index (κ3) is 2.52. The van der Waals surface area contributed by atoms with Gasteiger partial charge in [0.25, 0.3) is 5.91 Å². The maximum absolute atomic E-state index is 12.5. The van der Waals surface area contributed by atoms with Crippen molar-refractivity contribution in [2.45, 2.75) is 26.6 Å². The van der Waals surface area contributed by atoms with Gasteiger partial charge in [-0.15, -0.1) is 0 Å². The molecule has 3 aromatic heterocycles. The van der Waals surface area contributed by atoms with Crippen LogP contribution in [0.2, 0.25) is 0 Å². The summed E-state index contributed by atoms with van der Waals surface area (Å²) in [6.07, 6.45) is 7.16. The van der Waals surface area contributed by atoms with Crippen LogP contribution in [0.3, 0.4) is 0 Å². The number of aromatic nitrogens is 5. The molecule has 0 atom stereocenters. The highest BCUT2D eigenvalue weighted by atomic mass is 16.5. The minimum atomic E-state index is -0.0633. The van der Waals surface area contributed by atoms with Crippen molar-refractivity contribution in [3.8, 4) is 0 Å². The van der Waals surface area contributed by atoms with Crippen molar-refractivity contribution in [2.24, 2.45) is 0 Å². The fraction of sp³-hybridized carbons (Fsp3) is 0.333. The molecule has 1 aliphatic heterocycles. The highest BCUT2D eigenvalue weighted by Gasteiger charge is 2.25. The Labute approximate surface area is 132 Å². The van der Waals surface area contributed by atoms with Gasteiger partial charge < -0.3 is 14.0 Å². The molecule has 0 fully saturated rings. The lowest BCUT2D eigenvalue weighted by molar-refractivity contribution is 0.0705. The molecule has 0 aliphatic carbocycles. The molecule has 0 N–H and O–H groups in total. The van der Waals surface area contributed by atoms with Crippen molar-refractivity contribution in [3.05, 3.63) is 53.7 Å². The van der Waals surface area contributed by atoms with E-state index in [1.54, 1.807) is 18.0 Å². The second-order valence-electron chi connectivity index (χ2n) is 5.57. The Kier molecular flexibility index (Phi) is 3.22. The Morgan fingerprint density at radius 3 is 3.04 bits per heavy atom. The van der Waals surface area contributed by atoms with E-state index >= 15 is 0 Å². The van der Waals surface area contributed by atoms with Crippen molar-refractivity contribution >= 4 is 5.91 Å². The Morgan fingerprint density at radius 1 is 1.39 bits per heavy atom. The van der Waals surface area contributed by atoms with Crippen LogP contribution in [0.1, 0.15) is 27.6 Å². The molecule has 0 spiro atoms. The first-order chi connectivity index (χ1) is 11.2. The van der Waals surface area contributed by atoms with Crippen molar-refractivity contribution in [3.63, 3.8) is 0 Å². The lowest BCUT2D eigenvalue weighted by Crippen LogP contribution is -2.38. The summed E-state index contributed by atoms with van der Waals surface area (Å²) in [6, 6.07) is 1.89. The summed E-state index contributed by atoms with van der Waals surface area (Å²) in [7, 11) is 0. The number of imidazole rings is 1. The quantitative estimate of drug-likeness (QED) is 0.723. The highest BCUT2D eigenvalue weighted by molar-refractivity contribution is 5.94. The first-order valence-electron chi connectivity index (χ1n) is 7.43. The molecule has 0 saturated carbocycles. The number of carbonyl (C=O) groups excluding carboxylic acids is 1. The van der Waals surface area contributed by atoms with E-state index in [0.29, 0.717) is 31.0 Å². The molecule has 0 unspecified atom stereocenters. The summed E-state index contributed by atoms with van der Waals surface area (Å²) >= 11 is 0. The number of amides is 1. The van der Waals surface area contributed by atoms with E-state index in [1.165, 1.54) is 6.20 Å². The third-order valence-corrected chi connectivity index (χ3v) is 4.00. The van der Waals surface area contributed by atoms with Crippen LogP contribution in [-0.4, -0.2) is 41.8 Å². The monoisotopic (exact) mass is 312 g/mol. The van der Waals surface area contributed by atoms with Crippen LogP contribution in [0.4, 0.5) is 0 Å². The van der Waals surface area contributed by atoms with Crippen LogP contribution in [0.25, 0.3) is 0 Å². The molecule has 4 rings (SSSR count). The lowest BCUT2D eigenvalue weighted by atomic mass is 10.2. The summed E-state index contributed by atoms with van der Waals surface area (Å²) in [5, 5.41) is 7.86. The van der Waals surface area contributed by atoms with Crippen molar-refractivity contribution < 1.29 is 9.32 Å². The molecule has 118 valence electrons. The fourth-order valence-corrected chi connectivity index (χ4v) is 2.80. The van der Waals surface area contributed by atoms with Gasteiger partial charge in [-0.2, -0.15) is 5.10 Å². The van der Waals surface area contributed by atoms with Gasteiger partial charge in [0, 0.05) is 31.7 Å². The summed E-state index contributed by atoms with van der Waals surface area (Å²) in [5.74, 6) is 1.37. The zero-order valence-electron chi connectivity index (χ0n) is 12.7. The molecular weight excluding hydrogens is 296 g/mol. The van der Waals surface area contributed by atoms with E-state index in [9.17, 15) is 4.79 Å². The summed E-state index contributed by atoms with van der Waals surface area (Å²) in [6.45, 7) is 4.24. The van der Waals surface area contributed by atoms with E-state index in [2.05, 4.69) is 19.8 Å². The SMILES string of the molecule is Cc1oncc1C(=O)N1CCn2cc(Cn3cccn3)nc2C1. The predicted molar refractivity (Wildman–Crippen MR) is 79.5 cm³/mol. The van der Waals surface area contributed by atoms with Gasteiger partial charge in [-0.25, -0.2) is 4.98 Å². The fourth-order valence-electron chi connectivity index (χ4n) is 2.80. The number of fused-ring (bicyclic) bond motifs is 1. The average molecular weight is 312 g/mol. The number of hydrogen-bond donors (Lipinski definition) is 0. The molecule has 0 saturated heterocycles. The minimum absolute atomic E-state index is 0.0633. The normalized spacial score (nSPS) is 14.0. The van der Waals surface area contributed by atoms with Gasteiger partial charge in [0.05, 0.1) is 25.0 Å². The van der Waals surface area contributed by atoms with E-state index in [-0.39, 0.29) is 5.91 Å². The van der Waals surface area contributed by atoms with Crippen LogP contribution in [0.15, 0.2) is 35.4 Å². The summed E-state index contributed by atoms with van der Waals surface area (Å²) < 4.78 is 8.91. The summed E-state index contributed by atoms with van der Waals surface area (Å²) in [5.41, 5.74) is 1.46. The third-order valence-electron chi connectivity index (χ3n) is 4.00. The van der Waals surface area contributed by atoms with Crippen LogP contribution in [0.5, 0.6) is 0 Å². The van der Waals surface area contributed by atoms with Gasteiger partial charge in [-0.3, -0.25) is 9.48 Å². The van der Waals surface area contributed by atoms with Gasteiger partial charge >= 0.3 is 0 Å². The predicted octanol–water partition coefficient (Wildman–Crippen LogP) is 1.08. The molecule has 8 heteroatoms. The smallest absolute Gasteiger partial charge is 0.259 e. The standard InChI is InChI=1S/C15H16N6O2/c1-11-13(7-17-23-11)15(22)20-6-5-19-8-12(18-14(19)10-20)9-21-4-2-3-16-21/h2-4,7-8H,5-6,9-10H2,1H3. The van der Waals surface area contributed by atoms with E-state index in [0.717, 1.165) is 18.1 Å². The maximum atomic E-state index is 12.5. The Hall–Kier alpha value is -2.90. The Balaban J connectivity index is 1.52. The minimum Gasteiger partial charge on any atom is -0.361 e. The van der Waals surface area contributed by atoms with Crippen molar-refractivity contribution in [1.29, 1.82) is 0 Å². The molecule has 0 aromatic carbocycles. The zero-order chi connectivity index (χ0) is 15.8. The number of hydrogen-bond acceptors (Lipinski definition) is 5. The van der Waals surface area contributed by atoms with Gasteiger partial charge in [-0.1, -0.05) is 5.16 Å². The van der Waals surface area contributed by atoms with Gasteiger partial charge in [0.1, 0.15) is 17.1 Å². The molecular formula is C15H16N6O2. The molecule has 23 heavy (non-hydrogen) atoms. The average Bonchev–Trinajstić information content (AvgIpc) is 3.26. The Bertz CT molecular complexity index is 832. The molecule has 0 bridgehead atoms. The number of aryl methyl sites for hydroxylation is 1. The molecule has 4 heterocycles. The summed E-state index contributed by atoms with van der Waals surface area (Å²) in [4.78, 5) is 18.9. The highest BCUT2D eigenvalue weighted by Crippen LogP contribution is 2.17. The van der Waals surface area contributed by atoms with Gasteiger partial charge in [0.2, 0.25) is 0 Å². The zero-order valence-corrected chi connectivity index (χ0v) is 12.7. The number of carbonyl (C=O) groups is 1.